The van der Waals surface area contributed by atoms with E-state index in [9.17, 15) is 9.59 Å². The van der Waals surface area contributed by atoms with Gasteiger partial charge >= 0.3 is 6.03 Å². The van der Waals surface area contributed by atoms with Gasteiger partial charge in [0.15, 0.2) is 5.82 Å². The lowest BCUT2D eigenvalue weighted by Crippen LogP contribution is -2.48. The van der Waals surface area contributed by atoms with E-state index in [4.69, 9.17) is 19.7 Å². The van der Waals surface area contributed by atoms with Gasteiger partial charge in [0, 0.05) is 67.3 Å². The third kappa shape index (κ3) is 7.07. The second-order valence-corrected chi connectivity index (χ2v) is 12.5. The molecular weight excluding hydrogens is 582 g/mol. The van der Waals surface area contributed by atoms with Gasteiger partial charge in [-0.15, -0.1) is 0 Å². The van der Waals surface area contributed by atoms with Crippen LogP contribution in [0.4, 0.5) is 28.1 Å². The summed E-state index contributed by atoms with van der Waals surface area (Å²) >= 11 is 0. The summed E-state index contributed by atoms with van der Waals surface area (Å²) in [4.78, 5) is 49.2. The van der Waals surface area contributed by atoms with Crippen LogP contribution < -0.4 is 20.4 Å². The zero-order valence-corrected chi connectivity index (χ0v) is 27.3. The number of nitrogens with one attached hydrogen (secondary N) is 2. The number of anilines is 4. The van der Waals surface area contributed by atoms with E-state index >= 15 is 0 Å². The molecule has 3 saturated heterocycles. The smallest absolute Gasteiger partial charge is 0.323 e. The fraction of sp³-hybridized carbons (Fsp3) is 0.500. The van der Waals surface area contributed by atoms with Gasteiger partial charge in [0.25, 0.3) is 5.91 Å². The van der Waals surface area contributed by atoms with Crippen molar-refractivity contribution in [2.24, 2.45) is 0 Å². The standard InChI is InChI=1S/C34H45N9O3/c1-5-40-16-18-41(19-17-40)31(44)27-10-14-29(15-11-27)36-34(45)35-28-12-8-26(9-13-28)30-37-32(42-20-21-46-22-25(42)4)39-33(38-30)43-23(2)6-7-24(43)3/h8-15,23-25H,5-7,16-22H2,1-4H3,(H2,35,36,45). The molecule has 0 spiro atoms. The molecule has 0 saturated carbocycles. The molecule has 1 aromatic heterocycles. The number of carbonyl (C=O) groups is 2. The van der Waals surface area contributed by atoms with Crippen LogP contribution >= 0.6 is 0 Å². The fourth-order valence-corrected chi connectivity index (χ4v) is 6.48. The predicted octanol–water partition coefficient (Wildman–Crippen LogP) is 4.56. The molecule has 3 fully saturated rings. The Morgan fingerprint density at radius 2 is 1.39 bits per heavy atom. The molecule has 6 rings (SSSR count). The van der Waals surface area contributed by atoms with Crippen LogP contribution in [0.2, 0.25) is 0 Å². The molecule has 46 heavy (non-hydrogen) atoms. The van der Waals surface area contributed by atoms with Crippen molar-refractivity contribution in [2.45, 2.75) is 58.7 Å². The average Bonchev–Trinajstić information content (AvgIpc) is 3.42. The molecule has 2 N–H and O–H groups in total. The number of likely N-dealkylation sites (N-methyl/N-ethyl adjacent to an activating group) is 1. The Morgan fingerprint density at radius 3 is 2.00 bits per heavy atom. The molecule has 3 amide bonds. The third-order valence-electron chi connectivity index (χ3n) is 9.32. The van der Waals surface area contributed by atoms with Crippen molar-refractivity contribution in [1.29, 1.82) is 0 Å². The molecule has 3 aliphatic rings. The number of benzene rings is 2. The Kier molecular flexibility index (Phi) is 9.64. The number of piperazine rings is 1. The molecule has 3 aromatic rings. The largest absolute Gasteiger partial charge is 0.377 e. The normalized spacial score (nSPS) is 22.2. The zero-order chi connectivity index (χ0) is 32.2. The number of ether oxygens (including phenoxy) is 1. The molecule has 0 aliphatic carbocycles. The highest BCUT2D eigenvalue weighted by Gasteiger charge is 2.32. The second-order valence-electron chi connectivity index (χ2n) is 12.5. The zero-order valence-electron chi connectivity index (χ0n) is 27.3. The topological polar surface area (TPSA) is 119 Å². The number of urea groups is 1. The number of aromatic nitrogens is 3. The summed E-state index contributed by atoms with van der Waals surface area (Å²) in [6.07, 6.45) is 2.21. The summed E-state index contributed by atoms with van der Waals surface area (Å²) in [5, 5.41) is 5.75. The Labute approximate surface area is 271 Å². The highest BCUT2D eigenvalue weighted by atomic mass is 16.5. The van der Waals surface area contributed by atoms with Crippen molar-refractivity contribution in [1.82, 2.24) is 24.8 Å². The van der Waals surface area contributed by atoms with Gasteiger partial charge in [-0.2, -0.15) is 15.0 Å². The number of morpholine rings is 1. The molecule has 2 aromatic carbocycles. The Balaban J connectivity index is 1.12. The monoisotopic (exact) mass is 627 g/mol. The maximum atomic E-state index is 12.9. The van der Waals surface area contributed by atoms with Gasteiger partial charge in [-0.05, 0) is 88.7 Å². The highest BCUT2D eigenvalue weighted by molar-refractivity contribution is 6.00. The summed E-state index contributed by atoms with van der Waals surface area (Å²) in [6.45, 7) is 14.9. The van der Waals surface area contributed by atoms with E-state index in [2.05, 4.69) is 53.0 Å². The van der Waals surface area contributed by atoms with E-state index in [1.807, 2.05) is 29.2 Å². The van der Waals surface area contributed by atoms with Crippen molar-refractivity contribution >= 4 is 35.2 Å². The Bertz CT molecular complexity index is 1500. The second kappa shape index (κ2) is 14.0. The van der Waals surface area contributed by atoms with Gasteiger partial charge in [-0.25, -0.2) is 4.79 Å². The molecule has 12 nitrogen and oxygen atoms in total. The van der Waals surface area contributed by atoms with Gasteiger partial charge < -0.3 is 35.0 Å². The predicted molar refractivity (Wildman–Crippen MR) is 181 cm³/mol. The minimum Gasteiger partial charge on any atom is -0.377 e. The van der Waals surface area contributed by atoms with Crippen molar-refractivity contribution in [3.8, 4) is 11.4 Å². The van der Waals surface area contributed by atoms with Crippen molar-refractivity contribution in [3.05, 3.63) is 54.1 Å². The Hall–Kier alpha value is -4.29. The van der Waals surface area contributed by atoms with Crippen molar-refractivity contribution < 1.29 is 14.3 Å². The van der Waals surface area contributed by atoms with Gasteiger partial charge in [0.2, 0.25) is 11.9 Å². The van der Waals surface area contributed by atoms with Crippen LogP contribution in [0.5, 0.6) is 0 Å². The SMILES string of the molecule is CCN1CCN(C(=O)c2ccc(NC(=O)Nc3ccc(-c4nc(N5CCOCC5C)nc(N5C(C)CCC5C)n4)cc3)cc2)CC1. The summed E-state index contributed by atoms with van der Waals surface area (Å²) in [7, 11) is 0. The average molecular weight is 628 g/mol. The summed E-state index contributed by atoms with van der Waals surface area (Å²) in [5.74, 6) is 1.98. The van der Waals surface area contributed by atoms with Crippen LogP contribution in [0, 0.1) is 0 Å². The molecule has 3 unspecified atom stereocenters. The molecule has 0 bridgehead atoms. The summed E-state index contributed by atoms with van der Waals surface area (Å²) in [5.41, 5.74) is 2.70. The van der Waals surface area contributed by atoms with Gasteiger partial charge in [-0.3, -0.25) is 4.79 Å². The van der Waals surface area contributed by atoms with Crippen LogP contribution in [-0.2, 0) is 4.74 Å². The molecule has 12 heteroatoms. The lowest BCUT2D eigenvalue weighted by Gasteiger charge is -2.34. The maximum Gasteiger partial charge on any atom is 0.323 e. The molecule has 244 valence electrons. The number of rotatable bonds is 7. The number of carbonyl (C=O) groups excluding carboxylic acids is 2. The molecule has 3 aliphatic heterocycles. The minimum atomic E-state index is -0.370. The number of amides is 3. The van der Waals surface area contributed by atoms with Crippen molar-refractivity contribution in [3.63, 3.8) is 0 Å². The number of hydrogen-bond acceptors (Lipinski definition) is 9. The van der Waals surface area contributed by atoms with E-state index in [1.54, 1.807) is 24.3 Å². The quantitative estimate of drug-likeness (QED) is 0.389. The first-order valence-corrected chi connectivity index (χ1v) is 16.5. The van der Waals surface area contributed by atoms with E-state index in [1.165, 1.54) is 0 Å². The first-order chi connectivity index (χ1) is 22.3. The van der Waals surface area contributed by atoms with Crippen LogP contribution in [0.15, 0.2) is 48.5 Å². The maximum absolute atomic E-state index is 12.9. The minimum absolute atomic E-state index is 0.0215. The summed E-state index contributed by atoms with van der Waals surface area (Å²) < 4.78 is 5.66. The molecular formula is C34H45N9O3. The summed E-state index contributed by atoms with van der Waals surface area (Å²) in [6, 6.07) is 15.0. The lowest BCUT2D eigenvalue weighted by molar-refractivity contribution is 0.0643. The molecule has 3 atom stereocenters. The first kappa shape index (κ1) is 31.7. The van der Waals surface area contributed by atoms with Gasteiger partial charge in [0.05, 0.1) is 19.3 Å². The molecule has 4 heterocycles. The van der Waals surface area contributed by atoms with Gasteiger partial charge in [0.1, 0.15) is 0 Å². The van der Waals surface area contributed by atoms with E-state index < -0.39 is 0 Å². The number of nitrogens with zero attached hydrogens (tertiary/aromatic N) is 7. The lowest BCUT2D eigenvalue weighted by atomic mass is 10.1. The Morgan fingerprint density at radius 1 is 0.783 bits per heavy atom. The molecule has 0 radical (unpaired) electrons. The van der Waals surface area contributed by atoms with Crippen LogP contribution in [-0.4, -0.2) is 107 Å². The van der Waals surface area contributed by atoms with Crippen molar-refractivity contribution in [2.75, 3.05) is 72.9 Å². The first-order valence-electron chi connectivity index (χ1n) is 16.5. The highest BCUT2D eigenvalue weighted by Crippen LogP contribution is 2.31. The van der Waals surface area contributed by atoms with Crippen LogP contribution in [0.25, 0.3) is 11.4 Å². The van der Waals surface area contributed by atoms with E-state index in [-0.39, 0.29) is 18.0 Å². The van der Waals surface area contributed by atoms with Crippen LogP contribution in [0.3, 0.4) is 0 Å². The number of hydrogen-bond donors (Lipinski definition) is 2. The fourth-order valence-electron chi connectivity index (χ4n) is 6.48. The van der Waals surface area contributed by atoms with E-state index in [0.717, 1.165) is 57.7 Å². The van der Waals surface area contributed by atoms with Gasteiger partial charge in [-0.1, -0.05) is 6.92 Å². The van der Waals surface area contributed by atoms with E-state index in [0.29, 0.717) is 60.0 Å². The third-order valence-corrected chi connectivity index (χ3v) is 9.32. The van der Waals surface area contributed by atoms with Crippen LogP contribution in [0.1, 0.15) is 50.9 Å².